The summed E-state index contributed by atoms with van der Waals surface area (Å²) in [4.78, 5) is 26.7. The Balaban J connectivity index is 1.66. The third-order valence-electron chi connectivity index (χ3n) is 5.58. The van der Waals surface area contributed by atoms with E-state index < -0.39 is 0 Å². The number of hydrogen-bond donors (Lipinski definition) is 2. The molecule has 6 heteroatoms. The first-order valence-corrected chi connectivity index (χ1v) is 10.6. The van der Waals surface area contributed by atoms with Crippen LogP contribution >= 0.6 is 0 Å². The van der Waals surface area contributed by atoms with Crippen LogP contribution in [0.1, 0.15) is 60.1 Å². The van der Waals surface area contributed by atoms with Gasteiger partial charge in [0, 0.05) is 31.6 Å². The topological polar surface area (TPSA) is 70.7 Å². The molecular formula is C24H31N3O3. The molecule has 1 saturated heterocycles. The molecule has 1 fully saturated rings. The number of piperidine rings is 1. The molecule has 2 N–H and O–H groups in total. The van der Waals surface area contributed by atoms with Crippen molar-refractivity contribution in [3.05, 3.63) is 65.2 Å². The Hall–Kier alpha value is -3.02. The van der Waals surface area contributed by atoms with Crippen molar-refractivity contribution in [2.75, 3.05) is 26.7 Å². The van der Waals surface area contributed by atoms with Gasteiger partial charge in [0.05, 0.1) is 12.6 Å². The van der Waals surface area contributed by atoms with E-state index >= 15 is 0 Å². The lowest BCUT2D eigenvalue weighted by Gasteiger charge is -2.32. The first-order valence-electron chi connectivity index (χ1n) is 10.6. The Morgan fingerprint density at radius 2 is 1.97 bits per heavy atom. The van der Waals surface area contributed by atoms with Crippen LogP contribution in [0, 0.1) is 0 Å². The van der Waals surface area contributed by atoms with Gasteiger partial charge in [-0.05, 0) is 62.1 Å². The molecule has 1 heterocycles. The maximum Gasteiger partial charge on any atom is 0.317 e. The number of carbonyl (C=O) groups is 2. The molecule has 2 aromatic rings. The lowest BCUT2D eigenvalue weighted by Crippen LogP contribution is -2.43. The molecule has 0 bridgehead atoms. The lowest BCUT2D eigenvalue weighted by molar-refractivity contribution is 0.0939. The largest absolute Gasteiger partial charge is 0.494 e. The second kappa shape index (κ2) is 10.1. The fourth-order valence-electron chi connectivity index (χ4n) is 3.91. The number of carbonyl (C=O) groups excluding carboxylic acids is 2. The smallest absolute Gasteiger partial charge is 0.317 e. The van der Waals surface area contributed by atoms with Crippen molar-refractivity contribution in [2.24, 2.45) is 0 Å². The van der Waals surface area contributed by atoms with Gasteiger partial charge in [-0.3, -0.25) is 4.79 Å². The molecule has 0 saturated carbocycles. The van der Waals surface area contributed by atoms with Gasteiger partial charge >= 0.3 is 6.03 Å². The van der Waals surface area contributed by atoms with Crippen LogP contribution in [0.15, 0.2) is 48.5 Å². The molecule has 0 radical (unpaired) electrons. The molecular weight excluding hydrogens is 378 g/mol. The van der Waals surface area contributed by atoms with Crippen molar-refractivity contribution in [3.8, 4) is 5.75 Å². The van der Waals surface area contributed by atoms with E-state index in [0.29, 0.717) is 18.7 Å². The van der Waals surface area contributed by atoms with Gasteiger partial charge in [-0.25, -0.2) is 4.79 Å². The van der Waals surface area contributed by atoms with E-state index in [1.807, 2.05) is 67.3 Å². The minimum Gasteiger partial charge on any atom is -0.494 e. The molecule has 160 valence electrons. The Kier molecular flexibility index (Phi) is 7.33. The number of benzene rings is 2. The summed E-state index contributed by atoms with van der Waals surface area (Å²) in [6, 6.07) is 15.4. The molecule has 0 aromatic heterocycles. The molecule has 6 nitrogen and oxygen atoms in total. The fourth-order valence-corrected chi connectivity index (χ4v) is 3.91. The summed E-state index contributed by atoms with van der Waals surface area (Å²) >= 11 is 0. The molecule has 2 aromatic carbocycles. The molecule has 0 spiro atoms. The highest BCUT2D eigenvalue weighted by Crippen LogP contribution is 2.27. The quantitative estimate of drug-likeness (QED) is 0.755. The molecule has 1 aliphatic heterocycles. The summed E-state index contributed by atoms with van der Waals surface area (Å²) in [5.74, 6) is 0.968. The van der Waals surface area contributed by atoms with E-state index in [1.54, 1.807) is 7.05 Å². The Morgan fingerprint density at radius 1 is 1.20 bits per heavy atom. The molecule has 2 atom stereocenters. The van der Waals surface area contributed by atoms with Crippen molar-refractivity contribution in [2.45, 2.75) is 38.6 Å². The fraction of sp³-hybridized carbons (Fsp3) is 0.417. The molecule has 30 heavy (non-hydrogen) atoms. The minimum absolute atomic E-state index is 0.0437. The zero-order chi connectivity index (χ0) is 21.5. The number of nitrogens with one attached hydrogen (secondary N) is 2. The summed E-state index contributed by atoms with van der Waals surface area (Å²) in [7, 11) is 1.66. The number of rotatable bonds is 6. The lowest BCUT2D eigenvalue weighted by atomic mass is 9.89. The van der Waals surface area contributed by atoms with E-state index in [4.69, 9.17) is 4.74 Å². The summed E-state index contributed by atoms with van der Waals surface area (Å²) in [5, 5.41) is 5.77. The van der Waals surface area contributed by atoms with Gasteiger partial charge in [0.2, 0.25) is 0 Å². The highest BCUT2D eigenvalue weighted by molar-refractivity contribution is 5.94. The number of hydrogen-bond acceptors (Lipinski definition) is 3. The van der Waals surface area contributed by atoms with Crippen LogP contribution in [-0.4, -0.2) is 43.6 Å². The van der Waals surface area contributed by atoms with E-state index in [0.717, 1.165) is 36.3 Å². The number of likely N-dealkylation sites (tertiary alicyclic amines) is 1. The van der Waals surface area contributed by atoms with Crippen molar-refractivity contribution in [3.63, 3.8) is 0 Å². The molecule has 0 aliphatic carbocycles. The second-order valence-electron chi connectivity index (χ2n) is 7.66. The van der Waals surface area contributed by atoms with E-state index in [2.05, 4.69) is 10.6 Å². The number of amides is 3. The van der Waals surface area contributed by atoms with Gasteiger partial charge in [-0.15, -0.1) is 0 Å². The van der Waals surface area contributed by atoms with Crippen molar-refractivity contribution >= 4 is 11.9 Å². The van der Waals surface area contributed by atoms with Gasteiger partial charge in [-0.1, -0.05) is 24.3 Å². The first kappa shape index (κ1) is 21.7. The standard InChI is InChI=1S/C24H31N3O3/c1-4-30-22-12-10-18(11-13-22)17(2)26-23(28)20-8-5-7-19(15-20)21-9-6-14-27(16-21)24(29)25-3/h5,7-8,10-13,15,17,21H,4,6,9,14,16H2,1-3H3,(H,25,29)(H,26,28). The molecule has 1 aliphatic rings. The van der Waals surface area contributed by atoms with Gasteiger partial charge < -0.3 is 20.3 Å². The number of nitrogens with zero attached hydrogens (tertiary/aromatic N) is 1. The van der Waals surface area contributed by atoms with Gasteiger partial charge in [0.15, 0.2) is 0 Å². The second-order valence-corrected chi connectivity index (χ2v) is 7.66. The number of urea groups is 1. The van der Waals surface area contributed by atoms with Crippen molar-refractivity contribution in [1.29, 1.82) is 0 Å². The van der Waals surface area contributed by atoms with Crippen LogP contribution in [0.5, 0.6) is 5.75 Å². The third-order valence-corrected chi connectivity index (χ3v) is 5.58. The van der Waals surface area contributed by atoms with Crippen LogP contribution in [0.3, 0.4) is 0 Å². The van der Waals surface area contributed by atoms with E-state index in [1.165, 1.54) is 0 Å². The van der Waals surface area contributed by atoms with Crippen LogP contribution in [0.4, 0.5) is 4.79 Å². The highest BCUT2D eigenvalue weighted by atomic mass is 16.5. The Morgan fingerprint density at radius 3 is 2.67 bits per heavy atom. The summed E-state index contributed by atoms with van der Waals surface area (Å²) in [6.07, 6.45) is 1.98. The van der Waals surface area contributed by atoms with Crippen molar-refractivity contribution < 1.29 is 14.3 Å². The average Bonchev–Trinajstić information content (AvgIpc) is 2.79. The van der Waals surface area contributed by atoms with Crippen molar-refractivity contribution in [1.82, 2.24) is 15.5 Å². The minimum atomic E-state index is -0.116. The first-order chi connectivity index (χ1) is 14.5. The summed E-state index contributed by atoms with van der Waals surface area (Å²) < 4.78 is 5.48. The van der Waals surface area contributed by atoms with Gasteiger partial charge in [0.25, 0.3) is 5.91 Å². The SMILES string of the molecule is CCOc1ccc(C(C)NC(=O)c2cccc(C3CCCN(C(=O)NC)C3)c2)cc1. The molecule has 3 amide bonds. The predicted molar refractivity (Wildman–Crippen MR) is 118 cm³/mol. The maximum absolute atomic E-state index is 12.8. The average molecular weight is 410 g/mol. The number of ether oxygens (including phenoxy) is 1. The highest BCUT2D eigenvalue weighted by Gasteiger charge is 2.24. The molecule has 2 unspecified atom stereocenters. The monoisotopic (exact) mass is 409 g/mol. The van der Waals surface area contributed by atoms with E-state index in [-0.39, 0.29) is 23.9 Å². The zero-order valence-electron chi connectivity index (χ0n) is 18.0. The third kappa shape index (κ3) is 5.32. The van der Waals surface area contributed by atoms with Crippen LogP contribution < -0.4 is 15.4 Å². The Bertz CT molecular complexity index is 866. The van der Waals surface area contributed by atoms with Gasteiger partial charge in [0.1, 0.15) is 5.75 Å². The summed E-state index contributed by atoms with van der Waals surface area (Å²) in [6.45, 7) is 6.00. The van der Waals surface area contributed by atoms with E-state index in [9.17, 15) is 9.59 Å². The molecule has 3 rings (SSSR count). The predicted octanol–water partition coefficient (Wildman–Crippen LogP) is 4.10. The maximum atomic E-state index is 12.8. The zero-order valence-corrected chi connectivity index (χ0v) is 18.0. The van der Waals surface area contributed by atoms with Crippen LogP contribution in [0.25, 0.3) is 0 Å². The van der Waals surface area contributed by atoms with Gasteiger partial charge in [-0.2, -0.15) is 0 Å². The normalized spacial score (nSPS) is 17.2. The van der Waals surface area contributed by atoms with Crippen LogP contribution in [-0.2, 0) is 0 Å². The Labute approximate surface area is 178 Å². The summed E-state index contributed by atoms with van der Waals surface area (Å²) in [5.41, 5.74) is 2.77. The van der Waals surface area contributed by atoms with Crippen LogP contribution in [0.2, 0.25) is 0 Å².